The lowest BCUT2D eigenvalue weighted by Crippen LogP contribution is -2.17. The van der Waals surface area contributed by atoms with E-state index in [0.29, 0.717) is 6.04 Å². The number of nitrogens with zero attached hydrogens (tertiary/aromatic N) is 3. The van der Waals surface area contributed by atoms with Crippen molar-refractivity contribution in [2.24, 2.45) is 0 Å². The Morgan fingerprint density at radius 3 is 2.65 bits per heavy atom. The maximum Gasteiger partial charge on any atom is 0.138 e. The molecule has 108 valence electrons. The van der Waals surface area contributed by atoms with Crippen LogP contribution >= 0.6 is 11.8 Å². The number of aryl methyl sites for hydroxylation is 1. The Morgan fingerprint density at radius 1 is 1.25 bits per heavy atom. The molecule has 1 N–H and O–H groups in total. The molecule has 1 unspecified atom stereocenters. The summed E-state index contributed by atoms with van der Waals surface area (Å²) in [6.45, 7) is 8.26. The maximum absolute atomic E-state index is 4.29. The van der Waals surface area contributed by atoms with Gasteiger partial charge in [-0.3, -0.25) is 0 Å². The second-order valence-corrected chi connectivity index (χ2v) is 5.68. The highest BCUT2D eigenvalue weighted by Crippen LogP contribution is 2.23. The Bertz CT molecular complexity index is 521. The fraction of sp³-hybridized carbons (Fsp3) is 0.467. The van der Waals surface area contributed by atoms with Crippen molar-refractivity contribution in [3.63, 3.8) is 0 Å². The minimum absolute atomic E-state index is 0.405. The summed E-state index contributed by atoms with van der Waals surface area (Å²) in [6.07, 6.45) is 1.63. The van der Waals surface area contributed by atoms with Gasteiger partial charge < -0.3 is 5.32 Å². The van der Waals surface area contributed by atoms with Gasteiger partial charge in [-0.25, -0.2) is 9.67 Å². The van der Waals surface area contributed by atoms with Crippen LogP contribution in [-0.2, 0) is 12.3 Å². The highest BCUT2D eigenvalue weighted by atomic mass is 32.2. The molecule has 2 rings (SSSR count). The fourth-order valence-corrected chi connectivity index (χ4v) is 2.94. The lowest BCUT2D eigenvalue weighted by molar-refractivity contribution is 0.598. The molecule has 0 saturated carbocycles. The molecule has 5 heteroatoms. The average Bonchev–Trinajstić information content (AvgIpc) is 2.93. The number of nitrogens with one attached hydrogen (secondary N) is 1. The van der Waals surface area contributed by atoms with Crippen molar-refractivity contribution >= 4 is 11.8 Å². The minimum Gasteiger partial charge on any atom is -0.310 e. The number of thioether (sulfide) groups is 1. The number of aromatic nitrogens is 3. The molecule has 0 radical (unpaired) electrons. The lowest BCUT2D eigenvalue weighted by atomic mass is 10.1. The number of hydrogen-bond acceptors (Lipinski definition) is 4. The van der Waals surface area contributed by atoms with E-state index in [0.717, 1.165) is 24.7 Å². The first kappa shape index (κ1) is 15.1. The Kier molecular flexibility index (Phi) is 5.61. The SMILES string of the molecule is CCNC(C)c1ccc(SCc2ncnn2CC)cc1. The predicted octanol–water partition coefficient (Wildman–Crippen LogP) is 3.26. The molecule has 0 aliphatic heterocycles. The smallest absolute Gasteiger partial charge is 0.138 e. The summed E-state index contributed by atoms with van der Waals surface area (Å²) in [4.78, 5) is 5.56. The molecule has 1 aromatic carbocycles. The summed E-state index contributed by atoms with van der Waals surface area (Å²) >= 11 is 1.80. The van der Waals surface area contributed by atoms with E-state index in [1.54, 1.807) is 18.1 Å². The second-order valence-electron chi connectivity index (χ2n) is 4.63. The quantitative estimate of drug-likeness (QED) is 0.795. The normalized spacial score (nSPS) is 12.6. The summed E-state index contributed by atoms with van der Waals surface area (Å²) in [7, 11) is 0. The van der Waals surface area contributed by atoms with E-state index in [2.05, 4.69) is 60.4 Å². The monoisotopic (exact) mass is 290 g/mol. The summed E-state index contributed by atoms with van der Waals surface area (Å²) in [6, 6.07) is 9.16. The summed E-state index contributed by atoms with van der Waals surface area (Å²) in [5.41, 5.74) is 1.33. The third-order valence-electron chi connectivity index (χ3n) is 3.25. The van der Waals surface area contributed by atoms with Gasteiger partial charge in [-0.15, -0.1) is 11.8 Å². The van der Waals surface area contributed by atoms with E-state index in [9.17, 15) is 0 Å². The third-order valence-corrected chi connectivity index (χ3v) is 4.26. The van der Waals surface area contributed by atoms with Crippen molar-refractivity contribution in [1.29, 1.82) is 0 Å². The number of rotatable bonds is 7. The molecule has 2 aromatic rings. The van der Waals surface area contributed by atoms with E-state index in [1.165, 1.54) is 10.5 Å². The van der Waals surface area contributed by atoms with Gasteiger partial charge in [0.25, 0.3) is 0 Å². The standard InChI is InChI=1S/C15H22N4S/c1-4-16-12(3)13-6-8-14(9-7-13)20-10-15-17-11-18-19(15)5-2/h6-9,11-12,16H,4-5,10H2,1-3H3. The van der Waals surface area contributed by atoms with Crippen LogP contribution in [0, 0.1) is 0 Å². The van der Waals surface area contributed by atoms with Crippen molar-refractivity contribution in [1.82, 2.24) is 20.1 Å². The molecule has 1 heterocycles. The van der Waals surface area contributed by atoms with E-state index < -0.39 is 0 Å². The van der Waals surface area contributed by atoms with Gasteiger partial charge in [0, 0.05) is 17.5 Å². The molecule has 20 heavy (non-hydrogen) atoms. The molecular weight excluding hydrogens is 268 g/mol. The van der Waals surface area contributed by atoms with Gasteiger partial charge >= 0.3 is 0 Å². The van der Waals surface area contributed by atoms with E-state index in [1.807, 2.05) is 4.68 Å². The molecule has 0 saturated heterocycles. The van der Waals surface area contributed by atoms with Crippen LogP contribution in [0.25, 0.3) is 0 Å². The van der Waals surface area contributed by atoms with Gasteiger partial charge in [-0.05, 0) is 38.1 Å². The molecule has 4 nitrogen and oxygen atoms in total. The highest BCUT2D eigenvalue weighted by Gasteiger charge is 2.05. The van der Waals surface area contributed by atoms with Gasteiger partial charge in [-0.2, -0.15) is 5.10 Å². The van der Waals surface area contributed by atoms with Crippen LogP contribution in [0.15, 0.2) is 35.5 Å². The van der Waals surface area contributed by atoms with Crippen molar-refractivity contribution in [3.8, 4) is 0 Å². The van der Waals surface area contributed by atoms with Crippen LogP contribution < -0.4 is 5.32 Å². The predicted molar refractivity (Wildman–Crippen MR) is 83.8 cm³/mol. The van der Waals surface area contributed by atoms with Crippen LogP contribution in [0.3, 0.4) is 0 Å². The zero-order valence-corrected chi connectivity index (χ0v) is 13.2. The van der Waals surface area contributed by atoms with Gasteiger partial charge in [0.2, 0.25) is 0 Å². The molecule has 0 amide bonds. The molecule has 0 fully saturated rings. The third kappa shape index (κ3) is 3.84. The Labute approximate surface area is 125 Å². The Morgan fingerprint density at radius 2 is 2.00 bits per heavy atom. The molecule has 0 aliphatic carbocycles. The molecular formula is C15H22N4S. The van der Waals surface area contributed by atoms with E-state index in [4.69, 9.17) is 0 Å². The van der Waals surface area contributed by atoms with Crippen LogP contribution in [0.1, 0.15) is 38.2 Å². The summed E-state index contributed by atoms with van der Waals surface area (Å²) < 4.78 is 1.94. The van der Waals surface area contributed by atoms with Crippen LogP contribution in [0.4, 0.5) is 0 Å². The topological polar surface area (TPSA) is 42.7 Å². The fourth-order valence-electron chi connectivity index (χ4n) is 2.09. The van der Waals surface area contributed by atoms with E-state index in [-0.39, 0.29) is 0 Å². The first-order valence-electron chi connectivity index (χ1n) is 7.07. The largest absolute Gasteiger partial charge is 0.310 e. The van der Waals surface area contributed by atoms with E-state index >= 15 is 0 Å². The van der Waals surface area contributed by atoms with Crippen LogP contribution in [-0.4, -0.2) is 21.3 Å². The second kappa shape index (κ2) is 7.45. The first-order valence-corrected chi connectivity index (χ1v) is 8.06. The zero-order valence-electron chi connectivity index (χ0n) is 12.3. The number of benzene rings is 1. The highest BCUT2D eigenvalue weighted by molar-refractivity contribution is 7.98. The molecule has 0 bridgehead atoms. The van der Waals surface area contributed by atoms with Crippen molar-refractivity contribution in [2.45, 2.75) is 44.0 Å². The minimum atomic E-state index is 0.405. The zero-order chi connectivity index (χ0) is 14.4. The summed E-state index contributed by atoms with van der Waals surface area (Å²) in [5.74, 6) is 1.89. The molecule has 0 aliphatic rings. The molecule has 1 atom stereocenters. The molecule has 1 aromatic heterocycles. The van der Waals surface area contributed by atoms with Crippen LogP contribution in [0.5, 0.6) is 0 Å². The summed E-state index contributed by atoms with van der Waals surface area (Å²) in [5, 5.41) is 7.61. The van der Waals surface area contributed by atoms with Crippen molar-refractivity contribution in [3.05, 3.63) is 42.0 Å². The average molecular weight is 290 g/mol. The van der Waals surface area contributed by atoms with Gasteiger partial charge in [0.15, 0.2) is 0 Å². The maximum atomic E-state index is 4.29. The number of hydrogen-bond donors (Lipinski definition) is 1. The van der Waals surface area contributed by atoms with Gasteiger partial charge in [-0.1, -0.05) is 19.1 Å². The van der Waals surface area contributed by atoms with Gasteiger partial charge in [0.05, 0.1) is 5.75 Å². The lowest BCUT2D eigenvalue weighted by Gasteiger charge is -2.13. The van der Waals surface area contributed by atoms with Crippen LogP contribution in [0.2, 0.25) is 0 Å². The van der Waals surface area contributed by atoms with Crippen molar-refractivity contribution < 1.29 is 0 Å². The van der Waals surface area contributed by atoms with Crippen molar-refractivity contribution in [2.75, 3.05) is 6.54 Å². The molecule has 0 spiro atoms. The first-order chi connectivity index (χ1) is 9.74. The van der Waals surface area contributed by atoms with Gasteiger partial charge in [0.1, 0.15) is 12.2 Å². The Hall–Kier alpha value is -1.33. The Balaban J connectivity index is 1.94.